The second-order valence-electron chi connectivity index (χ2n) is 6.95. The number of rotatable bonds is 1. The fourth-order valence-corrected chi connectivity index (χ4v) is 3.09. The van der Waals surface area contributed by atoms with Gasteiger partial charge in [-0.25, -0.2) is 14.0 Å². The number of likely N-dealkylation sites (tertiary alicyclic amines) is 1. The van der Waals surface area contributed by atoms with Crippen molar-refractivity contribution < 1.29 is 23.8 Å². The third kappa shape index (κ3) is 1.88. The Balaban J connectivity index is 2.21. The molecule has 1 heterocycles. The highest BCUT2D eigenvalue weighted by molar-refractivity contribution is 5.83. The van der Waals surface area contributed by atoms with E-state index < -0.39 is 40.7 Å². The lowest BCUT2D eigenvalue weighted by atomic mass is 10.0. The van der Waals surface area contributed by atoms with Crippen molar-refractivity contribution >= 4 is 12.1 Å². The highest BCUT2D eigenvalue weighted by Crippen LogP contribution is 2.70. The van der Waals surface area contributed by atoms with Crippen LogP contribution >= 0.6 is 0 Å². The molecule has 1 amide bonds. The second-order valence-corrected chi connectivity index (χ2v) is 6.95. The summed E-state index contributed by atoms with van der Waals surface area (Å²) in [6.07, 6.45) is -0.764. The van der Waals surface area contributed by atoms with Crippen molar-refractivity contribution in [3.05, 3.63) is 0 Å². The Labute approximate surface area is 111 Å². The zero-order valence-electron chi connectivity index (χ0n) is 11.9. The lowest BCUT2D eigenvalue weighted by Crippen LogP contribution is -2.48. The van der Waals surface area contributed by atoms with E-state index in [1.54, 1.807) is 34.6 Å². The maximum absolute atomic E-state index is 14.6. The molecule has 1 saturated carbocycles. The van der Waals surface area contributed by atoms with Gasteiger partial charge in [0.05, 0.1) is 6.54 Å². The van der Waals surface area contributed by atoms with Gasteiger partial charge in [0.25, 0.3) is 0 Å². The van der Waals surface area contributed by atoms with Crippen LogP contribution in [-0.4, -0.2) is 45.9 Å². The molecule has 0 spiro atoms. The van der Waals surface area contributed by atoms with Crippen molar-refractivity contribution in [2.45, 2.75) is 51.9 Å². The molecule has 2 fully saturated rings. The zero-order valence-corrected chi connectivity index (χ0v) is 11.9. The molecule has 6 heteroatoms. The molecule has 0 radical (unpaired) electrons. The maximum atomic E-state index is 14.6. The monoisotopic (exact) mass is 273 g/mol. The van der Waals surface area contributed by atoms with Crippen LogP contribution in [0.5, 0.6) is 0 Å². The number of alkyl halides is 1. The van der Waals surface area contributed by atoms with Gasteiger partial charge in [0.1, 0.15) is 17.3 Å². The van der Waals surface area contributed by atoms with Gasteiger partial charge >= 0.3 is 12.1 Å². The second kappa shape index (κ2) is 3.61. The van der Waals surface area contributed by atoms with E-state index in [9.17, 15) is 19.1 Å². The molecule has 0 bridgehead atoms. The minimum atomic E-state index is -1.62. The summed E-state index contributed by atoms with van der Waals surface area (Å²) >= 11 is 0. The van der Waals surface area contributed by atoms with Gasteiger partial charge in [0.2, 0.25) is 0 Å². The Morgan fingerprint density at radius 2 is 1.89 bits per heavy atom. The number of fused-ring (bicyclic) bond motifs is 1. The Bertz CT molecular complexity index is 442. The third-order valence-corrected chi connectivity index (χ3v) is 4.19. The van der Waals surface area contributed by atoms with Gasteiger partial charge in [-0.3, -0.25) is 4.90 Å². The van der Waals surface area contributed by atoms with E-state index in [0.29, 0.717) is 0 Å². The zero-order chi connectivity index (χ0) is 14.8. The van der Waals surface area contributed by atoms with Crippen LogP contribution in [0.2, 0.25) is 0 Å². The number of ether oxygens (including phenoxy) is 1. The van der Waals surface area contributed by atoms with Crippen LogP contribution in [0.3, 0.4) is 0 Å². The normalized spacial score (nSPS) is 35.8. The van der Waals surface area contributed by atoms with Crippen LogP contribution in [0.15, 0.2) is 0 Å². The fraction of sp³-hybridized carbons (Fsp3) is 0.846. The number of hydrogen-bond donors (Lipinski definition) is 1. The molecule has 2 rings (SSSR count). The molecule has 2 unspecified atom stereocenters. The van der Waals surface area contributed by atoms with Gasteiger partial charge in [0.15, 0.2) is 0 Å². The van der Waals surface area contributed by atoms with Crippen LogP contribution in [0.1, 0.15) is 34.6 Å². The summed E-state index contributed by atoms with van der Waals surface area (Å²) < 4.78 is 19.7. The summed E-state index contributed by atoms with van der Waals surface area (Å²) in [6.45, 7) is 8.24. The molecule has 19 heavy (non-hydrogen) atoms. The van der Waals surface area contributed by atoms with E-state index in [0.717, 1.165) is 4.90 Å². The summed E-state index contributed by atoms with van der Waals surface area (Å²) in [7, 11) is 0. The van der Waals surface area contributed by atoms with Crippen molar-refractivity contribution in [1.82, 2.24) is 4.90 Å². The van der Waals surface area contributed by atoms with E-state index in [-0.39, 0.29) is 6.54 Å². The first-order valence-corrected chi connectivity index (χ1v) is 6.33. The van der Waals surface area contributed by atoms with E-state index in [4.69, 9.17) is 4.74 Å². The molecular weight excluding hydrogens is 253 g/mol. The van der Waals surface area contributed by atoms with Crippen LogP contribution in [0, 0.1) is 11.3 Å². The largest absolute Gasteiger partial charge is 0.480 e. The van der Waals surface area contributed by atoms with Crippen molar-refractivity contribution in [3.63, 3.8) is 0 Å². The van der Waals surface area contributed by atoms with Crippen molar-refractivity contribution in [1.29, 1.82) is 0 Å². The standard InChI is InChI=1S/C13H20FNO4/c1-11(2,3)19-10(18)15-6-13(14)8(12(13,4)5)7(15)9(16)17/h7-8H,6H2,1-5H3,(H,16,17)/t7-,8?,13?/m0/s1. The number of nitrogens with zero attached hydrogens (tertiary/aromatic N) is 1. The number of aliphatic carboxylic acids is 1. The van der Waals surface area contributed by atoms with Gasteiger partial charge in [0, 0.05) is 11.3 Å². The summed E-state index contributed by atoms with van der Waals surface area (Å²) in [4.78, 5) is 24.3. The number of hydrogen-bond acceptors (Lipinski definition) is 3. The number of halogens is 1. The highest BCUT2D eigenvalue weighted by atomic mass is 19.1. The van der Waals surface area contributed by atoms with E-state index in [1.165, 1.54) is 0 Å². The van der Waals surface area contributed by atoms with Crippen LogP contribution < -0.4 is 0 Å². The number of amides is 1. The predicted molar refractivity (Wildman–Crippen MR) is 65.5 cm³/mol. The molecule has 2 aliphatic rings. The number of carbonyl (C=O) groups is 2. The van der Waals surface area contributed by atoms with Crippen LogP contribution in [-0.2, 0) is 9.53 Å². The predicted octanol–water partition coefficient (Wildman–Crippen LogP) is 2.05. The summed E-state index contributed by atoms with van der Waals surface area (Å²) in [5, 5.41) is 9.26. The maximum Gasteiger partial charge on any atom is 0.411 e. The molecule has 1 saturated heterocycles. The number of carboxylic acid groups (broad SMARTS) is 1. The van der Waals surface area contributed by atoms with Gasteiger partial charge in [-0.05, 0) is 20.8 Å². The Hall–Kier alpha value is -1.33. The number of carboxylic acids is 1. The highest BCUT2D eigenvalue weighted by Gasteiger charge is 2.82. The minimum absolute atomic E-state index is 0.212. The van der Waals surface area contributed by atoms with Gasteiger partial charge < -0.3 is 9.84 Å². The summed E-state index contributed by atoms with van der Waals surface area (Å²) in [5.41, 5.74) is -3.05. The van der Waals surface area contributed by atoms with Crippen LogP contribution in [0.4, 0.5) is 9.18 Å². The minimum Gasteiger partial charge on any atom is -0.480 e. The quantitative estimate of drug-likeness (QED) is 0.794. The molecule has 1 aliphatic heterocycles. The molecule has 1 N–H and O–H groups in total. The smallest absolute Gasteiger partial charge is 0.411 e. The molecule has 0 aromatic carbocycles. The average Bonchev–Trinajstić information content (AvgIpc) is 2.54. The number of carbonyl (C=O) groups excluding carboxylic acids is 1. The Morgan fingerprint density at radius 1 is 1.37 bits per heavy atom. The first-order chi connectivity index (χ1) is 8.42. The molecule has 108 valence electrons. The summed E-state index contributed by atoms with van der Waals surface area (Å²) in [6, 6.07) is -1.14. The fourth-order valence-electron chi connectivity index (χ4n) is 3.09. The van der Waals surface area contributed by atoms with Gasteiger partial charge in [-0.15, -0.1) is 0 Å². The molecule has 1 aliphatic carbocycles. The lowest BCUT2D eigenvalue weighted by Gasteiger charge is -2.30. The first-order valence-electron chi connectivity index (χ1n) is 6.33. The first kappa shape index (κ1) is 14.1. The topological polar surface area (TPSA) is 66.8 Å². The average molecular weight is 273 g/mol. The molecule has 5 nitrogen and oxygen atoms in total. The Kier molecular flexibility index (Phi) is 2.68. The molecule has 3 atom stereocenters. The van der Waals surface area contributed by atoms with Crippen molar-refractivity contribution in [3.8, 4) is 0 Å². The summed E-state index contributed by atoms with van der Waals surface area (Å²) in [5.74, 6) is -1.84. The van der Waals surface area contributed by atoms with Gasteiger partial charge in [-0.2, -0.15) is 0 Å². The lowest BCUT2D eigenvalue weighted by molar-refractivity contribution is -0.143. The Morgan fingerprint density at radius 3 is 2.32 bits per heavy atom. The SMILES string of the molecule is CC(C)(C)OC(=O)N1CC2(F)C([C@H]1C(=O)O)C2(C)C. The third-order valence-electron chi connectivity index (χ3n) is 4.19. The van der Waals surface area contributed by atoms with Crippen molar-refractivity contribution in [2.75, 3.05) is 6.54 Å². The molecule has 0 aromatic rings. The van der Waals surface area contributed by atoms with Crippen molar-refractivity contribution in [2.24, 2.45) is 11.3 Å². The molecular formula is C13H20FNO4. The number of piperidine rings is 1. The molecule has 0 aromatic heterocycles. The van der Waals surface area contributed by atoms with E-state index >= 15 is 0 Å². The van der Waals surface area contributed by atoms with E-state index in [2.05, 4.69) is 0 Å². The van der Waals surface area contributed by atoms with E-state index in [1.807, 2.05) is 0 Å². The van der Waals surface area contributed by atoms with Crippen LogP contribution in [0.25, 0.3) is 0 Å². The van der Waals surface area contributed by atoms with Gasteiger partial charge in [-0.1, -0.05) is 13.8 Å².